The quantitative estimate of drug-likeness (QED) is 0.662. The van der Waals surface area contributed by atoms with Crippen molar-refractivity contribution in [2.45, 2.75) is 6.92 Å². The van der Waals surface area contributed by atoms with Crippen molar-refractivity contribution >= 4 is 44.9 Å². The van der Waals surface area contributed by atoms with Crippen molar-refractivity contribution in [2.24, 2.45) is 0 Å². The van der Waals surface area contributed by atoms with E-state index in [9.17, 15) is 4.79 Å². The second-order valence-corrected chi connectivity index (χ2v) is 5.96. The van der Waals surface area contributed by atoms with Crippen molar-refractivity contribution in [1.82, 2.24) is 0 Å². The molecule has 1 aromatic carbocycles. The molecule has 1 N–H and O–H groups in total. The third-order valence-electron chi connectivity index (χ3n) is 2.64. The molecule has 3 nitrogen and oxygen atoms in total. The van der Waals surface area contributed by atoms with Crippen LogP contribution in [0.4, 0.5) is 5.69 Å². The summed E-state index contributed by atoms with van der Waals surface area (Å²) in [6.07, 6.45) is 1.62. The molecule has 0 aliphatic heterocycles. The SMILES string of the molecule is Cc1ccsc1/C=C(\C#N)C(=O)Nc1ccc(Br)cc1. The number of hydrogen-bond acceptors (Lipinski definition) is 3. The van der Waals surface area contributed by atoms with Gasteiger partial charge >= 0.3 is 0 Å². The Balaban J connectivity index is 2.18. The lowest BCUT2D eigenvalue weighted by molar-refractivity contribution is -0.112. The van der Waals surface area contributed by atoms with Gasteiger partial charge in [-0.15, -0.1) is 11.3 Å². The second-order valence-electron chi connectivity index (χ2n) is 4.10. The predicted octanol–water partition coefficient (Wildman–Crippen LogP) is 4.36. The first kappa shape index (κ1) is 14.5. The lowest BCUT2D eigenvalue weighted by Crippen LogP contribution is -2.13. The van der Waals surface area contributed by atoms with E-state index in [0.29, 0.717) is 5.69 Å². The normalized spacial score (nSPS) is 10.9. The van der Waals surface area contributed by atoms with Gasteiger partial charge in [-0.1, -0.05) is 15.9 Å². The number of benzene rings is 1. The molecule has 0 radical (unpaired) electrons. The molecule has 20 heavy (non-hydrogen) atoms. The molecular weight excluding hydrogens is 336 g/mol. The summed E-state index contributed by atoms with van der Waals surface area (Å²) in [6, 6.07) is 11.1. The second kappa shape index (κ2) is 6.51. The minimum Gasteiger partial charge on any atom is -0.321 e. The van der Waals surface area contributed by atoms with Gasteiger partial charge in [0.05, 0.1) is 0 Å². The van der Waals surface area contributed by atoms with Crippen LogP contribution in [0.3, 0.4) is 0 Å². The molecule has 0 unspecified atom stereocenters. The van der Waals surface area contributed by atoms with E-state index < -0.39 is 5.91 Å². The fourth-order valence-electron chi connectivity index (χ4n) is 1.54. The Hall–Kier alpha value is -1.90. The van der Waals surface area contributed by atoms with Crippen LogP contribution in [0.15, 0.2) is 45.8 Å². The number of nitriles is 1. The van der Waals surface area contributed by atoms with Gasteiger partial charge in [-0.25, -0.2) is 0 Å². The third kappa shape index (κ3) is 3.56. The number of nitrogens with one attached hydrogen (secondary N) is 1. The molecule has 0 bridgehead atoms. The maximum atomic E-state index is 12.1. The summed E-state index contributed by atoms with van der Waals surface area (Å²) in [6.45, 7) is 1.95. The van der Waals surface area contributed by atoms with Crippen LogP contribution < -0.4 is 5.32 Å². The third-order valence-corrected chi connectivity index (χ3v) is 4.14. The molecule has 0 saturated heterocycles. The molecular formula is C15H11BrN2OS. The summed E-state index contributed by atoms with van der Waals surface area (Å²) < 4.78 is 0.931. The van der Waals surface area contributed by atoms with E-state index in [0.717, 1.165) is 14.9 Å². The van der Waals surface area contributed by atoms with E-state index >= 15 is 0 Å². The van der Waals surface area contributed by atoms with Crippen molar-refractivity contribution < 1.29 is 4.79 Å². The van der Waals surface area contributed by atoms with Gasteiger partial charge in [0.15, 0.2) is 0 Å². The van der Waals surface area contributed by atoms with E-state index in [2.05, 4.69) is 21.2 Å². The van der Waals surface area contributed by atoms with Gasteiger partial charge in [-0.2, -0.15) is 5.26 Å². The summed E-state index contributed by atoms with van der Waals surface area (Å²) in [5.74, 6) is -0.400. The van der Waals surface area contributed by atoms with Crippen LogP contribution >= 0.6 is 27.3 Å². The highest BCUT2D eigenvalue weighted by Crippen LogP contribution is 2.20. The molecule has 0 fully saturated rings. The van der Waals surface area contributed by atoms with Gasteiger partial charge in [0, 0.05) is 15.0 Å². The molecule has 0 atom stereocenters. The summed E-state index contributed by atoms with van der Waals surface area (Å²) in [4.78, 5) is 13.0. The number of rotatable bonds is 3. The van der Waals surface area contributed by atoms with Crippen LogP contribution in [-0.4, -0.2) is 5.91 Å². The molecule has 0 aliphatic carbocycles. The Kier molecular flexibility index (Phi) is 4.72. The fraction of sp³-hybridized carbons (Fsp3) is 0.0667. The molecule has 0 saturated carbocycles. The predicted molar refractivity (Wildman–Crippen MR) is 85.4 cm³/mol. The van der Waals surface area contributed by atoms with Crippen LogP contribution in [0.25, 0.3) is 6.08 Å². The lowest BCUT2D eigenvalue weighted by atomic mass is 10.2. The fourth-order valence-corrected chi connectivity index (χ4v) is 2.67. The maximum Gasteiger partial charge on any atom is 0.266 e. The molecule has 1 amide bonds. The first-order chi connectivity index (χ1) is 9.60. The zero-order valence-corrected chi connectivity index (χ0v) is 13.1. The van der Waals surface area contributed by atoms with Crippen molar-refractivity contribution in [2.75, 3.05) is 5.32 Å². The van der Waals surface area contributed by atoms with Gasteiger partial charge in [-0.3, -0.25) is 4.79 Å². The number of carbonyl (C=O) groups is 1. The Labute approximate surface area is 129 Å². The van der Waals surface area contributed by atoms with E-state index in [1.807, 2.05) is 36.6 Å². The first-order valence-corrected chi connectivity index (χ1v) is 7.50. The van der Waals surface area contributed by atoms with E-state index in [1.165, 1.54) is 11.3 Å². The number of hydrogen-bond donors (Lipinski definition) is 1. The van der Waals surface area contributed by atoms with Gasteiger partial charge in [-0.05, 0) is 54.3 Å². The molecule has 0 spiro atoms. The van der Waals surface area contributed by atoms with Crippen LogP contribution in [0.2, 0.25) is 0 Å². The zero-order chi connectivity index (χ0) is 14.5. The van der Waals surface area contributed by atoms with Crippen LogP contribution in [0.5, 0.6) is 0 Å². The van der Waals surface area contributed by atoms with Crippen molar-refractivity contribution in [1.29, 1.82) is 5.26 Å². The van der Waals surface area contributed by atoms with Crippen molar-refractivity contribution in [3.63, 3.8) is 0 Å². The summed E-state index contributed by atoms with van der Waals surface area (Å²) in [7, 11) is 0. The van der Waals surface area contributed by atoms with E-state index in [1.54, 1.807) is 18.2 Å². The monoisotopic (exact) mass is 346 g/mol. The number of amides is 1. The minimum atomic E-state index is -0.400. The number of thiophene rings is 1. The van der Waals surface area contributed by atoms with Crippen LogP contribution in [0.1, 0.15) is 10.4 Å². The summed E-state index contributed by atoms with van der Waals surface area (Å²) in [5, 5.41) is 13.8. The number of carbonyl (C=O) groups excluding carboxylic acids is 1. The number of nitrogens with zero attached hydrogens (tertiary/aromatic N) is 1. The van der Waals surface area contributed by atoms with Crippen LogP contribution in [-0.2, 0) is 4.79 Å². The molecule has 0 aliphatic rings. The molecule has 1 aromatic heterocycles. The molecule has 100 valence electrons. The average molecular weight is 347 g/mol. The van der Waals surface area contributed by atoms with Gasteiger partial charge in [0.1, 0.15) is 11.6 Å². The number of aryl methyl sites for hydroxylation is 1. The Morgan fingerprint density at radius 3 is 2.60 bits per heavy atom. The first-order valence-electron chi connectivity index (χ1n) is 5.83. The van der Waals surface area contributed by atoms with Gasteiger partial charge in [0.25, 0.3) is 5.91 Å². The number of halogens is 1. The Morgan fingerprint density at radius 1 is 1.35 bits per heavy atom. The molecule has 5 heteroatoms. The smallest absolute Gasteiger partial charge is 0.266 e. The molecule has 2 rings (SSSR count). The topological polar surface area (TPSA) is 52.9 Å². The highest BCUT2D eigenvalue weighted by molar-refractivity contribution is 9.10. The lowest BCUT2D eigenvalue weighted by Gasteiger charge is -2.04. The Morgan fingerprint density at radius 2 is 2.05 bits per heavy atom. The van der Waals surface area contributed by atoms with Gasteiger partial charge < -0.3 is 5.32 Å². The van der Waals surface area contributed by atoms with Crippen molar-refractivity contribution in [3.05, 3.63) is 56.2 Å². The number of anilines is 1. The van der Waals surface area contributed by atoms with Gasteiger partial charge in [0.2, 0.25) is 0 Å². The van der Waals surface area contributed by atoms with E-state index in [-0.39, 0.29) is 5.57 Å². The summed E-state index contributed by atoms with van der Waals surface area (Å²) >= 11 is 4.83. The maximum absolute atomic E-state index is 12.1. The standard InChI is InChI=1S/C15H11BrN2OS/c1-10-6-7-20-14(10)8-11(9-17)15(19)18-13-4-2-12(16)3-5-13/h2-8H,1H3,(H,18,19)/b11-8+. The minimum absolute atomic E-state index is 0.0958. The largest absolute Gasteiger partial charge is 0.321 e. The van der Waals surface area contributed by atoms with E-state index in [4.69, 9.17) is 5.26 Å². The molecule has 2 aromatic rings. The zero-order valence-electron chi connectivity index (χ0n) is 10.7. The van der Waals surface area contributed by atoms with Crippen LogP contribution in [0, 0.1) is 18.3 Å². The highest BCUT2D eigenvalue weighted by atomic mass is 79.9. The van der Waals surface area contributed by atoms with Crippen molar-refractivity contribution in [3.8, 4) is 6.07 Å². The Bertz CT molecular complexity index is 695. The summed E-state index contributed by atoms with van der Waals surface area (Å²) in [5.41, 5.74) is 1.81. The highest BCUT2D eigenvalue weighted by Gasteiger charge is 2.10. The average Bonchev–Trinajstić information content (AvgIpc) is 2.84. The molecule has 1 heterocycles.